The molecule has 53 heavy (non-hydrogen) atoms. The quantitative estimate of drug-likeness (QED) is 0.142. The number of carbonyl (C=O) groups is 4. The molecular formula is C37H29BrF3N3O7S2. The van der Waals surface area contributed by atoms with Gasteiger partial charge in [0.05, 0.1) is 40.3 Å². The number of rotatable bonds is 8. The van der Waals surface area contributed by atoms with Gasteiger partial charge in [-0.25, -0.2) is 4.79 Å². The molecule has 3 heterocycles. The molecule has 8 rings (SSSR count). The maximum Gasteiger partial charge on any atom is 0.416 e. The molecule has 1 saturated heterocycles. The molecule has 2 saturated carbocycles. The minimum Gasteiger partial charge on any atom is -0.483 e. The third kappa shape index (κ3) is 6.17. The smallest absolute Gasteiger partial charge is 0.416 e. The molecule has 10 nitrogen and oxygen atoms in total. The van der Waals surface area contributed by atoms with E-state index in [9.17, 15) is 37.1 Å². The van der Waals surface area contributed by atoms with E-state index in [-0.39, 0.29) is 46.8 Å². The van der Waals surface area contributed by atoms with Crippen LogP contribution in [0.25, 0.3) is 0 Å². The first-order chi connectivity index (χ1) is 25.3. The molecule has 7 atom stereocenters. The lowest BCUT2D eigenvalue weighted by molar-refractivity contribution is -0.137. The van der Waals surface area contributed by atoms with E-state index in [4.69, 9.17) is 9.47 Å². The number of amides is 3. The van der Waals surface area contributed by atoms with Crippen molar-refractivity contribution in [2.24, 2.45) is 29.6 Å². The number of thioether (sulfide) groups is 1. The number of benzene rings is 3. The number of alkyl halides is 3. The van der Waals surface area contributed by atoms with Crippen molar-refractivity contribution in [2.45, 2.75) is 35.7 Å². The van der Waals surface area contributed by atoms with Gasteiger partial charge in [-0.1, -0.05) is 33.3 Å². The molecule has 3 fully saturated rings. The SMILES string of the molecule is CCOC(=O)c1ccc(NC(=O)COc2ccc(Br)cc2[C@H]2c3sc(=O)[nH]c3SC3C4CC(C5C(=O)N(c6cccc(C(F)(F)F)c6)C(=O)C45)C32)cc1. The number of aromatic nitrogens is 1. The van der Waals surface area contributed by atoms with Crippen LogP contribution in [-0.4, -0.2) is 47.1 Å². The molecule has 3 amide bonds. The summed E-state index contributed by atoms with van der Waals surface area (Å²) < 4.78 is 52.7. The summed E-state index contributed by atoms with van der Waals surface area (Å²) in [5.74, 6) is -4.24. The van der Waals surface area contributed by atoms with Gasteiger partial charge in [0.15, 0.2) is 6.61 Å². The zero-order valence-corrected chi connectivity index (χ0v) is 30.9. The summed E-state index contributed by atoms with van der Waals surface area (Å²) in [6.45, 7) is 1.58. The number of esters is 1. The molecule has 6 unspecified atom stereocenters. The first kappa shape index (κ1) is 35.6. The first-order valence-electron chi connectivity index (χ1n) is 16.8. The topological polar surface area (TPSA) is 135 Å². The Bertz CT molecular complexity index is 2230. The summed E-state index contributed by atoms with van der Waals surface area (Å²) in [4.78, 5) is 70.3. The summed E-state index contributed by atoms with van der Waals surface area (Å²) >= 11 is 6.10. The highest BCUT2D eigenvalue weighted by Crippen LogP contribution is 2.69. The molecular weight excluding hydrogens is 799 g/mol. The van der Waals surface area contributed by atoms with E-state index >= 15 is 0 Å². The predicted octanol–water partition coefficient (Wildman–Crippen LogP) is 7.09. The summed E-state index contributed by atoms with van der Waals surface area (Å²) in [5.41, 5.74) is 0.428. The van der Waals surface area contributed by atoms with E-state index in [1.807, 2.05) is 6.07 Å². The summed E-state index contributed by atoms with van der Waals surface area (Å²) in [6.07, 6.45) is -4.08. The van der Waals surface area contributed by atoms with Crippen molar-refractivity contribution in [2.75, 3.05) is 23.4 Å². The van der Waals surface area contributed by atoms with Crippen molar-refractivity contribution in [1.82, 2.24) is 4.98 Å². The van der Waals surface area contributed by atoms with Gasteiger partial charge in [0.25, 0.3) is 5.91 Å². The number of ether oxygens (including phenoxy) is 2. The van der Waals surface area contributed by atoms with Crippen LogP contribution in [0.15, 0.2) is 81.0 Å². The van der Waals surface area contributed by atoms with E-state index in [2.05, 4.69) is 26.2 Å². The van der Waals surface area contributed by atoms with Crippen LogP contribution in [0.3, 0.4) is 0 Å². The van der Waals surface area contributed by atoms with Gasteiger partial charge in [0, 0.05) is 31.8 Å². The maximum atomic E-state index is 14.1. The molecule has 3 aromatic carbocycles. The zero-order valence-electron chi connectivity index (χ0n) is 27.6. The normalized spacial score (nSPS) is 25.5. The minimum absolute atomic E-state index is 0.102. The number of thiazole rings is 1. The van der Waals surface area contributed by atoms with Crippen LogP contribution in [0.1, 0.15) is 45.6 Å². The Labute approximate surface area is 316 Å². The standard InChI is InChI=1S/C37H29BrF3N3O7S2/c1-2-50-35(48)16-6-9-19(10-7-16)42-25(45)15-51-24-11-8-18(38)13-21(24)26-27-22-14-23(30(27)52-32-31(26)53-36(49)43-32)29-28(22)33(46)44(34(29)47)20-5-3-4-17(12-20)37(39,40)41/h3-13,22-23,26-30H,2,14-15H2,1H3,(H,42,45)(H,43,49)/t22?,23?,26-,27?,28?,29?,30?/m1/s1. The number of H-pyrrole nitrogens is 1. The molecule has 0 spiro atoms. The number of aromatic amines is 1. The molecule has 2 aliphatic carbocycles. The van der Waals surface area contributed by atoms with E-state index in [0.717, 1.165) is 33.2 Å². The Morgan fingerprint density at radius 2 is 1.74 bits per heavy atom. The van der Waals surface area contributed by atoms with Crippen LogP contribution in [0.4, 0.5) is 24.5 Å². The van der Waals surface area contributed by atoms with Crippen LogP contribution in [0, 0.1) is 29.6 Å². The number of hydrogen-bond acceptors (Lipinski definition) is 9. The third-order valence-electron chi connectivity index (χ3n) is 10.5. The molecule has 1 aromatic heterocycles. The summed E-state index contributed by atoms with van der Waals surface area (Å²) in [7, 11) is 0. The fourth-order valence-electron chi connectivity index (χ4n) is 8.58. The second kappa shape index (κ2) is 13.5. The maximum absolute atomic E-state index is 14.1. The Balaban J connectivity index is 1.09. The first-order valence-corrected chi connectivity index (χ1v) is 19.3. The highest BCUT2D eigenvalue weighted by atomic mass is 79.9. The highest BCUT2D eigenvalue weighted by molar-refractivity contribution is 9.10. The fourth-order valence-corrected chi connectivity index (χ4v) is 11.8. The Morgan fingerprint density at radius 1 is 1.00 bits per heavy atom. The van der Waals surface area contributed by atoms with Crippen molar-refractivity contribution < 1.29 is 41.8 Å². The van der Waals surface area contributed by atoms with Crippen LogP contribution >= 0.6 is 39.0 Å². The van der Waals surface area contributed by atoms with Crippen LogP contribution in [0.5, 0.6) is 5.75 Å². The number of nitrogens with zero attached hydrogens (tertiary/aromatic N) is 1. The number of fused-ring (bicyclic) bond motifs is 9. The predicted molar refractivity (Wildman–Crippen MR) is 193 cm³/mol. The van der Waals surface area contributed by atoms with Crippen molar-refractivity contribution in [3.8, 4) is 5.75 Å². The summed E-state index contributed by atoms with van der Waals surface area (Å²) in [6, 6.07) is 15.9. The molecule has 274 valence electrons. The molecule has 2 aliphatic heterocycles. The highest BCUT2D eigenvalue weighted by Gasteiger charge is 2.70. The van der Waals surface area contributed by atoms with E-state index in [1.54, 1.807) is 43.3 Å². The second-order valence-corrected chi connectivity index (χ2v) is 16.5. The number of imide groups is 1. The van der Waals surface area contributed by atoms with Crippen LogP contribution < -0.4 is 19.8 Å². The van der Waals surface area contributed by atoms with Gasteiger partial charge >= 0.3 is 17.0 Å². The van der Waals surface area contributed by atoms with Crippen molar-refractivity contribution in [1.29, 1.82) is 0 Å². The van der Waals surface area contributed by atoms with Gasteiger partial charge in [-0.3, -0.25) is 24.1 Å². The van der Waals surface area contributed by atoms with Crippen molar-refractivity contribution in [3.63, 3.8) is 0 Å². The zero-order chi connectivity index (χ0) is 37.3. The molecule has 2 bridgehead atoms. The van der Waals surface area contributed by atoms with Gasteiger partial charge in [-0.05, 0) is 91.8 Å². The van der Waals surface area contributed by atoms with Gasteiger partial charge in [0.2, 0.25) is 11.8 Å². The number of hydrogen-bond donors (Lipinski definition) is 2. The van der Waals surface area contributed by atoms with Crippen molar-refractivity contribution in [3.05, 3.63) is 102 Å². The minimum atomic E-state index is -4.65. The average molecular weight is 829 g/mol. The van der Waals surface area contributed by atoms with E-state index < -0.39 is 53.2 Å². The van der Waals surface area contributed by atoms with Gasteiger partial charge in [0.1, 0.15) is 5.75 Å². The molecule has 4 aliphatic rings. The molecule has 16 heteroatoms. The molecule has 2 N–H and O–H groups in total. The van der Waals surface area contributed by atoms with Gasteiger partial charge < -0.3 is 19.8 Å². The Morgan fingerprint density at radius 3 is 2.45 bits per heavy atom. The lowest BCUT2D eigenvalue weighted by Gasteiger charge is -2.43. The second-order valence-electron chi connectivity index (χ2n) is 13.3. The number of nitrogens with one attached hydrogen (secondary N) is 2. The Hall–Kier alpha value is -4.41. The molecule has 4 aromatic rings. The number of carbonyl (C=O) groups excluding carboxylic acids is 4. The lowest BCUT2D eigenvalue weighted by Crippen LogP contribution is -2.42. The summed E-state index contributed by atoms with van der Waals surface area (Å²) in [5, 5.41) is 3.23. The van der Waals surface area contributed by atoms with Crippen LogP contribution in [-0.2, 0) is 25.3 Å². The van der Waals surface area contributed by atoms with Gasteiger partial charge in [-0.2, -0.15) is 13.2 Å². The Kier molecular flexibility index (Phi) is 9.05. The van der Waals surface area contributed by atoms with E-state index in [1.165, 1.54) is 23.9 Å². The largest absolute Gasteiger partial charge is 0.483 e. The number of anilines is 2. The van der Waals surface area contributed by atoms with Crippen LogP contribution in [0.2, 0.25) is 0 Å². The van der Waals surface area contributed by atoms with Gasteiger partial charge in [-0.15, -0.1) is 11.8 Å². The van der Waals surface area contributed by atoms with Crippen molar-refractivity contribution >= 4 is 74.1 Å². The molecule has 0 radical (unpaired) electrons. The third-order valence-corrected chi connectivity index (χ3v) is 13.6. The lowest BCUT2D eigenvalue weighted by atomic mass is 9.68. The average Bonchev–Trinajstić information content (AvgIpc) is 3.86. The number of halogens is 4. The fraction of sp³-hybridized carbons (Fsp3) is 0.324. The monoisotopic (exact) mass is 827 g/mol. The van der Waals surface area contributed by atoms with E-state index in [0.29, 0.717) is 38.5 Å².